The molecule has 1 aromatic heterocycles. The lowest BCUT2D eigenvalue weighted by molar-refractivity contribution is -0.141. The molecule has 0 radical (unpaired) electrons. The second-order valence-corrected chi connectivity index (χ2v) is 4.34. The first kappa shape index (κ1) is 13.5. The van der Waals surface area contributed by atoms with E-state index < -0.39 is 11.9 Å². The lowest BCUT2D eigenvalue weighted by atomic mass is 10.2. The number of alkyl halides is 4. The van der Waals surface area contributed by atoms with Gasteiger partial charge >= 0.3 is 6.18 Å². The van der Waals surface area contributed by atoms with E-state index in [4.69, 9.17) is 4.74 Å². The largest absolute Gasteiger partial charge is 0.433 e. The molecular formula is C10H11BrF3N3O. The average molecular weight is 326 g/mol. The average Bonchev–Trinajstić information content (AvgIpc) is 2.38. The molecule has 0 atom stereocenters. The Balaban J connectivity index is 2.33. The first-order chi connectivity index (χ1) is 8.52. The predicted molar refractivity (Wildman–Crippen MR) is 62.7 cm³/mol. The monoisotopic (exact) mass is 325 g/mol. The molecule has 100 valence electrons. The number of hydrogen-bond donors (Lipinski definition) is 0. The Kier molecular flexibility index (Phi) is 4.06. The summed E-state index contributed by atoms with van der Waals surface area (Å²) in [6, 6.07) is 0. The van der Waals surface area contributed by atoms with Gasteiger partial charge in [0, 0.05) is 30.2 Å². The van der Waals surface area contributed by atoms with Crippen LogP contribution < -0.4 is 4.90 Å². The third-order valence-electron chi connectivity index (χ3n) is 2.56. The Morgan fingerprint density at radius 1 is 1.33 bits per heavy atom. The van der Waals surface area contributed by atoms with Crippen LogP contribution in [0.3, 0.4) is 0 Å². The van der Waals surface area contributed by atoms with Crippen molar-refractivity contribution in [3.8, 4) is 0 Å². The Bertz CT molecular complexity index is 421. The molecule has 0 bridgehead atoms. The molecule has 2 rings (SSSR count). The van der Waals surface area contributed by atoms with Crippen LogP contribution in [0.5, 0.6) is 0 Å². The standard InChI is InChI=1S/C10H11BrF3N3O/c11-5-7-6-15-9(16-8(7)10(12,13)14)17-1-3-18-4-2-17/h6H,1-5H2. The van der Waals surface area contributed by atoms with E-state index in [9.17, 15) is 13.2 Å². The van der Waals surface area contributed by atoms with Crippen molar-refractivity contribution in [3.05, 3.63) is 17.5 Å². The zero-order chi connectivity index (χ0) is 13.2. The Hall–Kier alpha value is -0.890. The Morgan fingerprint density at radius 2 is 2.00 bits per heavy atom. The zero-order valence-corrected chi connectivity index (χ0v) is 11.0. The normalized spacial score (nSPS) is 17.0. The van der Waals surface area contributed by atoms with E-state index in [1.165, 1.54) is 6.20 Å². The summed E-state index contributed by atoms with van der Waals surface area (Å²) in [5.74, 6) is 0.107. The summed E-state index contributed by atoms with van der Waals surface area (Å²) in [5.41, 5.74) is -0.838. The smallest absolute Gasteiger partial charge is 0.378 e. The van der Waals surface area contributed by atoms with Crippen LogP contribution in [0.15, 0.2) is 6.20 Å². The number of nitrogens with zero attached hydrogens (tertiary/aromatic N) is 3. The first-order valence-corrected chi connectivity index (χ1v) is 6.46. The molecule has 0 amide bonds. The van der Waals surface area contributed by atoms with Crippen molar-refractivity contribution in [1.29, 1.82) is 0 Å². The maximum Gasteiger partial charge on any atom is 0.433 e. The summed E-state index contributed by atoms with van der Waals surface area (Å²) in [7, 11) is 0. The van der Waals surface area contributed by atoms with Crippen LogP contribution in [0.4, 0.5) is 19.1 Å². The fourth-order valence-electron chi connectivity index (χ4n) is 1.66. The van der Waals surface area contributed by atoms with Crippen LogP contribution in [-0.4, -0.2) is 36.3 Å². The van der Waals surface area contributed by atoms with Crippen molar-refractivity contribution >= 4 is 21.9 Å². The number of morpholine rings is 1. The van der Waals surface area contributed by atoms with Gasteiger partial charge in [-0.3, -0.25) is 0 Å². The zero-order valence-electron chi connectivity index (χ0n) is 9.37. The van der Waals surface area contributed by atoms with Gasteiger partial charge in [-0.05, 0) is 0 Å². The molecule has 0 unspecified atom stereocenters. The number of aromatic nitrogens is 2. The summed E-state index contributed by atoms with van der Waals surface area (Å²) < 4.78 is 43.6. The van der Waals surface area contributed by atoms with E-state index in [2.05, 4.69) is 25.9 Å². The van der Waals surface area contributed by atoms with Crippen LogP contribution in [0, 0.1) is 0 Å². The molecule has 4 nitrogen and oxygen atoms in total. The molecule has 0 saturated carbocycles. The van der Waals surface area contributed by atoms with E-state index in [1.807, 2.05) is 0 Å². The minimum absolute atomic E-state index is 0.0412. The highest BCUT2D eigenvalue weighted by atomic mass is 79.9. The molecule has 1 aliphatic rings. The lowest BCUT2D eigenvalue weighted by Crippen LogP contribution is -2.37. The number of ether oxygens (including phenoxy) is 1. The van der Waals surface area contributed by atoms with Gasteiger partial charge in [0.15, 0.2) is 5.69 Å². The molecule has 1 saturated heterocycles. The Morgan fingerprint density at radius 3 is 2.56 bits per heavy atom. The molecular weight excluding hydrogens is 315 g/mol. The molecule has 1 aromatic rings. The van der Waals surface area contributed by atoms with Gasteiger partial charge in [-0.2, -0.15) is 13.2 Å². The van der Waals surface area contributed by atoms with E-state index in [-0.39, 0.29) is 16.8 Å². The van der Waals surface area contributed by atoms with E-state index in [0.717, 1.165) is 0 Å². The van der Waals surface area contributed by atoms with Crippen molar-refractivity contribution in [3.63, 3.8) is 0 Å². The van der Waals surface area contributed by atoms with Gasteiger partial charge < -0.3 is 9.64 Å². The predicted octanol–water partition coefficient (Wildman–Crippen LogP) is 2.23. The van der Waals surface area contributed by atoms with Crippen LogP contribution in [-0.2, 0) is 16.2 Å². The highest BCUT2D eigenvalue weighted by Gasteiger charge is 2.36. The Labute approximate surface area is 110 Å². The number of halogens is 4. The summed E-state index contributed by atoms with van der Waals surface area (Å²) in [6.07, 6.45) is -3.25. The minimum atomic E-state index is -4.47. The number of rotatable bonds is 2. The van der Waals surface area contributed by atoms with Gasteiger partial charge in [0.1, 0.15) is 0 Å². The SMILES string of the molecule is FC(F)(F)c1nc(N2CCOCC2)ncc1CBr. The van der Waals surface area contributed by atoms with Gasteiger partial charge in [-0.1, -0.05) is 15.9 Å². The molecule has 0 aliphatic carbocycles. The van der Waals surface area contributed by atoms with Crippen molar-refractivity contribution in [1.82, 2.24) is 9.97 Å². The molecule has 0 aromatic carbocycles. The van der Waals surface area contributed by atoms with Gasteiger partial charge in [0.2, 0.25) is 5.95 Å². The fraction of sp³-hybridized carbons (Fsp3) is 0.600. The van der Waals surface area contributed by atoms with Crippen LogP contribution in [0.1, 0.15) is 11.3 Å². The lowest BCUT2D eigenvalue weighted by Gasteiger charge is -2.27. The molecule has 1 aliphatic heterocycles. The van der Waals surface area contributed by atoms with E-state index in [1.54, 1.807) is 4.90 Å². The van der Waals surface area contributed by atoms with Gasteiger partial charge in [0.25, 0.3) is 0 Å². The topological polar surface area (TPSA) is 38.2 Å². The highest BCUT2D eigenvalue weighted by Crippen LogP contribution is 2.32. The second kappa shape index (κ2) is 5.40. The van der Waals surface area contributed by atoms with Crippen LogP contribution in [0.2, 0.25) is 0 Å². The second-order valence-electron chi connectivity index (χ2n) is 3.77. The number of anilines is 1. The van der Waals surface area contributed by atoms with Gasteiger partial charge in [-0.25, -0.2) is 9.97 Å². The molecule has 0 N–H and O–H groups in total. The van der Waals surface area contributed by atoms with Gasteiger partial charge in [0.05, 0.1) is 13.2 Å². The maximum absolute atomic E-state index is 12.8. The number of hydrogen-bond acceptors (Lipinski definition) is 4. The van der Waals surface area contributed by atoms with Crippen molar-refractivity contribution in [2.45, 2.75) is 11.5 Å². The van der Waals surface area contributed by atoms with Gasteiger partial charge in [-0.15, -0.1) is 0 Å². The first-order valence-electron chi connectivity index (χ1n) is 5.34. The van der Waals surface area contributed by atoms with Crippen LogP contribution in [0.25, 0.3) is 0 Å². The molecule has 2 heterocycles. The summed E-state index contributed by atoms with van der Waals surface area (Å²) in [4.78, 5) is 9.31. The molecule has 18 heavy (non-hydrogen) atoms. The third-order valence-corrected chi connectivity index (χ3v) is 3.16. The van der Waals surface area contributed by atoms with Crippen molar-refractivity contribution in [2.24, 2.45) is 0 Å². The summed E-state index contributed by atoms with van der Waals surface area (Å²) in [5, 5.41) is 0.0746. The van der Waals surface area contributed by atoms with Crippen molar-refractivity contribution < 1.29 is 17.9 Å². The fourth-order valence-corrected chi connectivity index (χ4v) is 2.07. The highest BCUT2D eigenvalue weighted by molar-refractivity contribution is 9.08. The van der Waals surface area contributed by atoms with Crippen molar-refractivity contribution in [2.75, 3.05) is 31.2 Å². The van der Waals surface area contributed by atoms with E-state index in [0.29, 0.717) is 26.3 Å². The molecule has 0 spiro atoms. The quantitative estimate of drug-likeness (QED) is 0.781. The third kappa shape index (κ3) is 2.92. The molecule has 8 heteroatoms. The minimum Gasteiger partial charge on any atom is -0.378 e. The maximum atomic E-state index is 12.8. The summed E-state index contributed by atoms with van der Waals surface area (Å²) >= 11 is 3.01. The van der Waals surface area contributed by atoms with Crippen LogP contribution >= 0.6 is 15.9 Å². The summed E-state index contributed by atoms with van der Waals surface area (Å²) in [6.45, 7) is 1.96. The van der Waals surface area contributed by atoms with E-state index >= 15 is 0 Å². The molecule has 1 fully saturated rings.